The lowest BCUT2D eigenvalue weighted by molar-refractivity contribution is 0.441. The highest BCUT2D eigenvalue weighted by atomic mass is 32.2. The smallest absolute Gasteiger partial charge is 0.123 e. The summed E-state index contributed by atoms with van der Waals surface area (Å²) in [6.45, 7) is 0. The molecule has 4 heteroatoms. The molecule has 1 saturated carbocycles. The summed E-state index contributed by atoms with van der Waals surface area (Å²) < 4.78 is 12.8. The van der Waals surface area contributed by atoms with Gasteiger partial charge in [0.1, 0.15) is 11.4 Å². The van der Waals surface area contributed by atoms with E-state index in [2.05, 4.69) is 11.4 Å². The van der Waals surface area contributed by atoms with E-state index < -0.39 is 5.54 Å². The van der Waals surface area contributed by atoms with Crippen LogP contribution >= 0.6 is 11.8 Å². The maximum Gasteiger partial charge on any atom is 0.123 e. The van der Waals surface area contributed by atoms with Crippen LogP contribution in [0.1, 0.15) is 12.8 Å². The molecular formula is C13H15FN2S. The van der Waals surface area contributed by atoms with Crippen molar-refractivity contribution in [3.8, 4) is 6.07 Å². The molecule has 0 spiro atoms. The van der Waals surface area contributed by atoms with Crippen LogP contribution in [-0.2, 0) is 0 Å². The molecule has 1 aliphatic rings. The second-order valence-corrected chi connectivity index (χ2v) is 5.40. The average Bonchev–Trinajstić information content (AvgIpc) is 3.18. The predicted molar refractivity (Wildman–Crippen MR) is 67.3 cm³/mol. The number of benzene rings is 1. The number of nitriles is 1. The molecule has 0 radical (unpaired) electrons. The summed E-state index contributed by atoms with van der Waals surface area (Å²) in [6.07, 6.45) is 2.25. The summed E-state index contributed by atoms with van der Waals surface area (Å²) in [5, 5.41) is 12.5. The number of nitrogens with zero attached hydrogens (tertiary/aromatic N) is 1. The lowest BCUT2D eigenvalue weighted by Crippen LogP contribution is -2.46. The van der Waals surface area contributed by atoms with E-state index in [4.69, 9.17) is 0 Å². The summed E-state index contributed by atoms with van der Waals surface area (Å²) in [6, 6.07) is 8.81. The van der Waals surface area contributed by atoms with E-state index in [1.807, 2.05) is 7.05 Å². The lowest BCUT2D eigenvalue weighted by Gasteiger charge is -2.25. The molecule has 17 heavy (non-hydrogen) atoms. The maximum absolute atomic E-state index is 12.8. The molecule has 0 heterocycles. The van der Waals surface area contributed by atoms with Crippen LogP contribution in [-0.4, -0.2) is 18.3 Å². The van der Waals surface area contributed by atoms with Crippen LogP contribution in [0.3, 0.4) is 0 Å². The van der Waals surface area contributed by atoms with E-state index in [0.29, 0.717) is 11.7 Å². The molecule has 0 aliphatic heterocycles. The highest BCUT2D eigenvalue weighted by Crippen LogP contribution is 2.41. The predicted octanol–water partition coefficient (Wildman–Crippen LogP) is 2.81. The third-order valence-electron chi connectivity index (χ3n) is 3.20. The SMILES string of the molecule is CNC(C#N)(CSc1ccc(F)cc1)C1CC1. The van der Waals surface area contributed by atoms with Gasteiger partial charge in [-0.25, -0.2) is 4.39 Å². The van der Waals surface area contributed by atoms with Gasteiger partial charge in [0, 0.05) is 10.6 Å². The second kappa shape index (κ2) is 5.07. The third-order valence-corrected chi connectivity index (χ3v) is 4.41. The van der Waals surface area contributed by atoms with E-state index in [0.717, 1.165) is 17.7 Å². The van der Waals surface area contributed by atoms with Crippen molar-refractivity contribution in [3.63, 3.8) is 0 Å². The quantitative estimate of drug-likeness (QED) is 0.816. The highest BCUT2D eigenvalue weighted by Gasteiger charge is 2.44. The Kier molecular flexibility index (Phi) is 3.70. The minimum atomic E-state index is -0.431. The average molecular weight is 250 g/mol. The van der Waals surface area contributed by atoms with E-state index >= 15 is 0 Å². The van der Waals surface area contributed by atoms with Gasteiger partial charge in [-0.3, -0.25) is 0 Å². The first-order valence-corrected chi connectivity index (χ1v) is 6.67. The van der Waals surface area contributed by atoms with Crippen LogP contribution in [0.4, 0.5) is 4.39 Å². The Morgan fingerprint density at radius 2 is 2.12 bits per heavy atom. The van der Waals surface area contributed by atoms with Crippen molar-refractivity contribution in [3.05, 3.63) is 30.1 Å². The van der Waals surface area contributed by atoms with Gasteiger partial charge in [0.25, 0.3) is 0 Å². The fraction of sp³-hybridized carbons (Fsp3) is 0.462. The zero-order chi connectivity index (χ0) is 12.3. The van der Waals surface area contributed by atoms with Crippen LogP contribution in [0.5, 0.6) is 0 Å². The van der Waals surface area contributed by atoms with Crippen molar-refractivity contribution in [1.82, 2.24) is 5.32 Å². The van der Waals surface area contributed by atoms with E-state index in [-0.39, 0.29) is 5.82 Å². The fourth-order valence-corrected chi connectivity index (χ4v) is 3.05. The van der Waals surface area contributed by atoms with Crippen LogP contribution in [0.15, 0.2) is 29.2 Å². The zero-order valence-electron chi connectivity index (χ0n) is 9.74. The van der Waals surface area contributed by atoms with Gasteiger partial charge in [-0.1, -0.05) is 0 Å². The monoisotopic (exact) mass is 250 g/mol. The molecule has 1 aliphatic carbocycles. The first-order valence-electron chi connectivity index (χ1n) is 5.69. The summed E-state index contributed by atoms with van der Waals surface area (Å²) in [4.78, 5) is 1.00. The molecule has 0 bridgehead atoms. The summed E-state index contributed by atoms with van der Waals surface area (Å²) in [5.74, 6) is 0.943. The van der Waals surface area contributed by atoms with Crippen LogP contribution in [0.2, 0.25) is 0 Å². The van der Waals surface area contributed by atoms with Gasteiger partial charge < -0.3 is 5.32 Å². The molecule has 0 saturated heterocycles. The summed E-state index contributed by atoms with van der Waals surface area (Å²) in [5.41, 5.74) is -0.431. The van der Waals surface area contributed by atoms with E-state index in [9.17, 15) is 9.65 Å². The molecule has 1 fully saturated rings. The molecule has 1 N–H and O–H groups in total. The summed E-state index contributed by atoms with van der Waals surface area (Å²) in [7, 11) is 1.84. The van der Waals surface area contributed by atoms with Crippen LogP contribution in [0, 0.1) is 23.1 Å². The highest BCUT2D eigenvalue weighted by molar-refractivity contribution is 7.99. The molecule has 0 amide bonds. The number of hydrogen-bond donors (Lipinski definition) is 1. The van der Waals surface area contributed by atoms with Crippen molar-refractivity contribution >= 4 is 11.8 Å². The Morgan fingerprint density at radius 1 is 1.47 bits per heavy atom. The van der Waals surface area contributed by atoms with Gasteiger partial charge in [0.05, 0.1) is 6.07 Å². The third kappa shape index (κ3) is 2.80. The molecule has 1 atom stereocenters. The Labute approximate surface area is 105 Å². The first-order chi connectivity index (χ1) is 8.20. The van der Waals surface area contributed by atoms with Crippen molar-refractivity contribution < 1.29 is 4.39 Å². The Hall–Kier alpha value is -1.05. The van der Waals surface area contributed by atoms with Crippen molar-refractivity contribution in [2.24, 2.45) is 5.92 Å². The number of hydrogen-bond acceptors (Lipinski definition) is 3. The van der Waals surface area contributed by atoms with Gasteiger partial charge in [-0.2, -0.15) is 5.26 Å². The van der Waals surface area contributed by atoms with Crippen molar-refractivity contribution in [2.75, 3.05) is 12.8 Å². The molecule has 0 aromatic heterocycles. The Balaban J connectivity index is 2.00. The number of nitrogens with one attached hydrogen (secondary N) is 1. The molecule has 1 unspecified atom stereocenters. The zero-order valence-corrected chi connectivity index (χ0v) is 10.6. The van der Waals surface area contributed by atoms with Crippen LogP contribution in [0.25, 0.3) is 0 Å². The first kappa shape index (κ1) is 12.4. The summed E-state index contributed by atoms with van der Waals surface area (Å²) >= 11 is 1.60. The fourth-order valence-electron chi connectivity index (χ4n) is 1.88. The van der Waals surface area contributed by atoms with Gasteiger partial charge in [-0.15, -0.1) is 11.8 Å². The molecular weight excluding hydrogens is 235 g/mol. The number of thioether (sulfide) groups is 1. The molecule has 1 aromatic carbocycles. The molecule has 90 valence electrons. The van der Waals surface area contributed by atoms with Gasteiger partial charge in [0.2, 0.25) is 0 Å². The minimum absolute atomic E-state index is 0.225. The standard InChI is InChI=1S/C13H15FN2S/c1-16-13(8-15,10-2-3-10)9-17-12-6-4-11(14)5-7-12/h4-7,10,16H,2-3,9H2,1H3. The normalized spacial score (nSPS) is 18.4. The van der Waals surface area contributed by atoms with E-state index in [1.165, 1.54) is 12.1 Å². The van der Waals surface area contributed by atoms with E-state index in [1.54, 1.807) is 23.9 Å². The molecule has 2 rings (SSSR count). The van der Waals surface area contributed by atoms with Gasteiger partial charge in [0.15, 0.2) is 0 Å². The van der Waals surface area contributed by atoms with Crippen molar-refractivity contribution in [2.45, 2.75) is 23.3 Å². The lowest BCUT2D eigenvalue weighted by atomic mass is 9.98. The van der Waals surface area contributed by atoms with Gasteiger partial charge >= 0.3 is 0 Å². The molecule has 2 nitrogen and oxygen atoms in total. The van der Waals surface area contributed by atoms with Gasteiger partial charge in [-0.05, 0) is 50.1 Å². The second-order valence-electron chi connectivity index (χ2n) is 4.35. The van der Waals surface area contributed by atoms with Crippen molar-refractivity contribution in [1.29, 1.82) is 5.26 Å². The largest absolute Gasteiger partial charge is 0.302 e. The number of rotatable bonds is 5. The number of halogens is 1. The maximum atomic E-state index is 12.8. The molecule has 1 aromatic rings. The Bertz CT molecular complexity index is 422. The Morgan fingerprint density at radius 3 is 2.59 bits per heavy atom. The minimum Gasteiger partial charge on any atom is -0.302 e. The van der Waals surface area contributed by atoms with Crippen LogP contribution < -0.4 is 5.32 Å². The topological polar surface area (TPSA) is 35.8 Å².